The summed E-state index contributed by atoms with van der Waals surface area (Å²) in [4.78, 5) is 10.6. The van der Waals surface area contributed by atoms with Gasteiger partial charge in [0, 0.05) is 18.7 Å². The lowest BCUT2D eigenvalue weighted by atomic mass is 10.1. The maximum Gasteiger partial charge on any atom is 0.150 e. The van der Waals surface area contributed by atoms with E-state index in [0.717, 1.165) is 24.9 Å². The third-order valence-electron chi connectivity index (χ3n) is 2.75. The molecule has 1 aliphatic heterocycles. The number of piperidine rings is 1. The fourth-order valence-electron chi connectivity index (χ4n) is 1.85. The normalized spacial score (nSPS) is 16.6. The summed E-state index contributed by atoms with van der Waals surface area (Å²) in [7, 11) is 0. The molecule has 0 N–H and O–H groups in total. The van der Waals surface area contributed by atoms with Crippen molar-refractivity contribution in [2.45, 2.75) is 19.3 Å². The zero-order valence-electron chi connectivity index (χ0n) is 9.30. The molecule has 1 aliphatic rings. The van der Waals surface area contributed by atoms with Crippen molar-refractivity contribution >= 4 is 12.5 Å². The van der Waals surface area contributed by atoms with E-state index in [2.05, 4.69) is 10.1 Å². The van der Waals surface area contributed by atoms with Gasteiger partial charge in [-0.15, -0.1) is 0 Å². The molecular formula is C13H16N2O. The van der Waals surface area contributed by atoms with E-state index in [1.165, 1.54) is 19.3 Å². The first kappa shape index (κ1) is 10.9. The molecular weight excluding hydrogens is 200 g/mol. The molecule has 1 fully saturated rings. The Kier molecular flexibility index (Phi) is 3.70. The van der Waals surface area contributed by atoms with Crippen molar-refractivity contribution in [1.82, 2.24) is 5.01 Å². The van der Waals surface area contributed by atoms with Gasteiger partial charge in [-0.2, -0.15) is 5.10 Å². The van der Waals surface area contributed by atoms with Gasteiger partial charge >= 0.3 is 0 Å². The van der Waals surface area contributed by atoms with Gasteiger partial charge in [0.15, 0.2) is 0 Å². The molecule has 0 aromatic heterocycles. The average molecular weight is 216 g/mol. The Morgan fingerprint density at radius 3 is 2.62 bits per heavy atom. The summed E-state index contributed by atoms with van der Waals surface area (Å²) < 4.78 is 0. The van der Waals surface area contributed by atoms with Crippen molar-refractivity contribution in [3.05, 3.63) is 35.4 Å². The van der Waals surface area contributed by atoms with Crippen molar-refractivity contribution in [2.24, 2.45) is 5.10 Å². The van der Waals surface area contributed by atoms with Gasteiger partial charge in [-0.25, -0.2) is 0 Å². The number of aldehydes is 1. The lowest BCUT2D eigenvalue weighted by Crippen LogP contribution is -2.24. The highest BCUT2D eigenvalue weighted by atomic mass is 16.1. The van der Waals surface area contributed by atoms with E-state index in [9.17, 15) is 4.79 Å². The third-order valence-corrected chi connectivity index (χ3v) is 2.75. The van der Waals surface area contributed by atoms with Gasteiger partial charge in [0.1, 0.15) is 6.29 Å². The lowest BCUT2D eigenvalue weighted by Gasteiger charge is -2.23. The lowest BCUT2D eigenvalue weighted by molar-refractivity contribution is 0.112. The highest BCUT2D eigenvalue weighted by molar-refractivity contribution is 5.84. The number of hydrogen-bond donors (Lipinski definition) is 0. The summed E-state index contributed by atoms with van der Waals surface area (Å²) in [6.45, 7) is 2.09. The summed E-state index contributed by atoms with van der Waals surface area (Å²) in [6.07, 6.45) is 6.46. The van der Waals surface area contributed by atoms with Crippen LogP contribution in [0.25, 0.3) is 0 Å². The minimum atomic E-state index is 0.697. The number of benzene rings is 1. The van der Waals surface area contributed by atoms with E-state index in [0.29, 0.717) is 5.56 Å². The number of hydrogen-bond acceptors (Lipinski definition) is 3. The average Bonchev–Trinajstić information content (AvgIpc) is 2.38. The largest absolute Gasteiger partial charge is 0.298 e. The zero-order chi connectivity index (χ0) is 11.2. The first-order valence-electron chi connectivity index (χ1n) is 5.73. The molecule has 16 heavy (non-hydrogen) atoms. The predicted octanol–water partition coefficient (Wildman–Crippen LogP) is 2.32. The predicted molar refractivity (Wildman–Crippen MR) is 64.8 cm³/mol. The van der Waals surface area contributed by atoms with Crippen LogP contribution in [-0.2, 0) is 0 Å². The second-order valence-electron chi connectivity index (χ2n) is 4.05. The Bertz CT molecular complexity index is 381. The van der Waals surface area contributed by atoms with Crippen molar-refractivity contribution in [2.75, 3.05) is 13.1 Å². The highest BCUT2D eigenvalue weighted by Crippen LogP contribution is 2.09. The van der Waals surface area contributed by atoms with E-state index in [4.69, 9.17) is 0 Å². The molecule has 0 bridgehead atoms. The van der Waals surface area contributed by atoms with Crippen LogP contribution in [0.2, 0.25) is 0 Å². The summed E-state index contributed by atoms with van der Waals surface area (Å²) in [6, 6.07) is 7.48. The van der Waals surface area contributed by atoms with Crippen LogP contribution in [0.1, 0.15) is 35.2 Å². The minimum absolute atomic E-state index is 0.697. The zero-order valence-corrected chi connectivity index (χ0v) is 9.30. The van der Waals surface area contributed by atoms with Crippen LogP contribution in [0.15, 0.2) is 29.4 Å². The van der Waals surface area contributed by atoms with Crippen LogP contribution in [-0.4, -0.2) is 30.6 Å². The highest BCUT2D eigenvalue weighted by Gasteiger charge is 2.05. The van der Waals surface area contributed by atoms with Gasteiger partial charge in [0.05, 0.1) is 6.21 Å². The molecule has 1 aromatic carbocycles. The van der Waals surface area contributed by atoms with Gasteiger partial charge in [-0.05, 0) is 30.9 Å². The van der Waals surface area contributed by atoms with E-state index in [1.54, 1.807) is 6.07 Å². The molecule has 3 heteroatoms. The first-order valence-corrected chi connectivity index (χ1v) is 5.73. The molecule has 1 heterocycles. The first-order chi connectivity index (χ1) is 7.88. The molecule has 0 aliphatic carbocycles. The van der Waals surface area contributed by atoms with E-state index >= 15 is 0 Å². The number of nitrogens with zero attached hydrogens (tertiary/aromatic N) is 2. The summed E-state index contributed by atoms with van der Waals surface area (Å²) in [5.41, 5.74) is 1.68. The minimum Gasteiger partial charge on any atom is -0.298 e. The number of carbonyl (C=O) groups excluding carboxylic acids is 1. The van der Waals surface area contributed by atoms with Crippen molar-refractivity contribution in [1.29, 1.82) is 0 Å². The van der Waals surface area contributed by atoms with Crippen molar-refractivity contribution in [3.8, 4) is 0 Å². The summed E-state index contributed by atoms with van der Waals surface area (Å²) in [5.74, 6) is 0. The van der Waals surface area contributed by atoms with Gasteiger partial charge < -0.3 is 0 Å². The Balaban J connectivity index is 2.01. The molecule has 84 valence electrons. The van der Waals surface area contributed by atoms with Crippen LogP contribution in [0, 0.1) is 0 Å². The van der Waals surface area contributed by atoms with Gasteiger partial charge in [-0.1, -0.05) is 18.2 Å². The monoisotopic (exact) mass is 216 g/mol. The number of rotatable bonds is 3. The van der Waals surface area contributed by atoms with Gasteiger partial charge in [0.2, 0.25) is 0 Å². The van der Waals surface area contributed by atoms with Crippen molar-refractivity contribution < 1.29 is 4.79 Å². The molecule has 0 atom stereocenters. The molecule has 0 amide bonds. The van der Waals surface area contributed by atoms with Crippen LogP contribution < -0.4 is 0 Å². The van der Waals surface area contributed by atoms with Crippen LogP contribution >= 0.6 is 0 Å². The topological polar surface area (TPSA) is 32.7 Å². The van der Waals surface area contributed by atoms with Crippen LogP contribution in [0.5, 0.6) is 0 Å². The third kappa shape index (κ3) is 2.92. The summed E-state index contributed by atoms with van der Waals surface area (Å²) >= 11 is 0. The Morgan fingerprint density at radius 2 is 1.88 bits per heavy atom. The molecule has 1 aromatic rings. The maximum atomic E-state index is 10.6. The molecule has 0 unspecified atom stereocenters. The van der Waals surface area contributed by atoms with Crippen molar-refractivity contribution in [3.63, 3.8) is 0 Å². The number of carbonyl (C=O) groups is 1. The molecule has 3 nitrogen and oxygen atoms in total. The Labute approximate surface area is 95.8 Å². The second kappa shape index (κ2) is 5.45. The van der Waals surface area contributed by atoms with Crippen LogP contribution in [0.4, 0.5) is 0 Å². The van der Waals surface area contributed by atoms with E-state index in [1.807, 2.05) is 24.4 Å². The van der Waals surface area contributed by atoms with Gasteiger partial charge in [0.25, 0.3) is 0 Å². The number of hydrazone groups is 1. The smallest absolute Gasteiger partial charge is 0.150 e. The van der Waals surface area contributed by atoms with Crippen LogP contribution in [0.3, 0.4) is 0 Å². The SMILES string of the molecule is O=Cc1cccc(C=NN2CCCCC2)c1. The van der Waals surface area contributed by atoms with Gasteiger partial charge in [-0.3, -0.25) is 9.80 Å². The molecule has 1 saturated heterocycles. The summed E-state index contributed by atoms with van der Waals surface area (Å²) in [5, 5.41) is 6.52. The fraction of sp³-hybridized carbons (Fsp3) is 0.385. The molecule has 0 spiro atoms. The Hall–Kier alpha value is -1.64. The maximum absolute atomic E-state index is 10.6. The van der Waals surface area contributed by atoms with E-state index in [-0.39, 0.29) is 0 Å². The molecule has 0 radical (unpaired) electrons. The molecule has 0 saturated carbocycles. The quantitative estimate of drug-likeness (QED) is 0.573. The fourth-order valence-corrected chi connectivity index (χ4v) is 1.85. The Morgan fingerprint density at radius 1 is 1.12 bits per heavy atom. The van der Waals surface area contributed by atoms with E-state index < -0.39 is 0 Å². The standard InChI is InChI=1S/C13H16N2O/c16-11-13-6-4-5-12(9-13)10-14-15-7-2-1-3-8-15/h4-6,9-11H,1-3,7-8H2. The second-order valence-corrected chi connectivity index (χ2v) is 4.05. The molecule has 2 rings (SSSR count).